The lowest BCUT2D eigenvalue weighted by Crippen LogP contribution is -2.48. The molecule has 0 atom stereocenters. The zero-order valence-electron chi connectivity index (χ0n) is 13.3. The predicted molar refractivity (Wildman–Crippen MR) is 95.9 cm³/mol. The molecule has 0 unspecified atom stereocenters. The Morgan fingerprint density at radius 2 is 1.71 bits per heavy atom. The van der Waals surface area contributed by atoms with E-state index in [1.807, 2.05) is 0 Å². The molecule has 0 saturated carbocycles. The minimum atomic E-state index is -1.43. The van der Waals surface area contributed by atoms with Crippen molar-refractivity contribution < 1.29 is 0 Å². The highest BCUT2D eigenvalue weighted by Crippen LogP contribution is 2.12. The Bertz CT molecular complexity index is 552. The summed E-state index contributed by atoms with van der Waals surface area (Å²) >= 11 is 0. The van der Waals surface area contributed by atoms with Gasteiger partial charge in [-0.1, -0.05) is 67.7 Å². The van der Waals surface area contributed by atoms with Gasteiger partial charge in [-0.05, 0) is 24.2 Å². The Kier molecular flexibility index (Phi) is 5.59. The topological polar surface area (TPSA) is 24.1 Å². The first-order valence-corrected chi connectivity index (χ1v) is 10.9. The van der Waals surface area contributed by atoms with Crippen molar-refractivity contribution in [3.05, 3.63) is 60.2 Å². The molecule has 0 radical (unpaired) electrons. The first-order valence-electron chi connectivity index (χ1n) is 7.71. The quantitative estimate of drug-likeness (QED) is 0.766. The largest absolute Gasteiger partial charge is 0.388 e. The van der Waals surface area contributed by atoms with Crippen LogP contribution in [0.4, 0.5) is 5.69 Å². The lowest BCUT2D eigenvalue weighted by molar-refractivity contribution is 0.727. The third-order valence-electron chi connectivity index (χ3n) is 3.80. The zero-order chi connectivity index (χ0) is 15.1. The summed E-state index contributed by atoms with van der Waals surface area (Å²) in [6.07, 6.45) is 1.06. The smallest absolute Gasteiger partial charge is 0.101 e. The molecule has 0 aliphatic carbocycles. The third kappa shape index (κ3) is 4.72. The van der Waals surface area contributed by atoms with Gasteiger partial charge in [0, 0.05) is 18.4 Å². The molecule has 0 aromatic heterocycles. The molecule has 2 N–H and O–H groups in total. The van der Waals surface area contributed by atoms with E-state index in [-0.39, 0.29) is 0 Å². The molecule has 21 heavy (non-hydrogen) atoms. The van der Waals surface area contributed by atoms with E-state index in [1.54, 1.807) is 0 Å². The van der Waals surface area contributed by atoms with Gasteiger partial charge in [0.25, 0.3) is 0 Å². The Morgan fingerprint density at radius 1 is 0.952 bits per heavy atom. The molecule has 0 amide bonds. The van der Waals surface area contributed by atoms with Crippen LogP contribution in [0.25, 0.3) is 0 Å². The van der Waals surface area contributed by atoms with Crippen LogP contribution in [0, 0.1) is 0 Å². The van der Waals surface area contributed by atoms with Crippen LogP contribution in [0.2, 0.25) is 13.1 Å². The van der Waals surface area contributed by atoms with E-state index < -0.39 is 8.07 Å². The fourth-order valence-electron chi connectivity index (χ4n) is 2.38. The second-order valence-electron chi connectivity index (χ2n) is 6.08. The van der Waals surface area contributed by atoms with Gasteiger partial charge in [0.05, 0.1) is 0 Å². The number of anilines is 1. The normalized spacial score (nSPS) is 11.4. The minimum Gasteiger partial charge on any atom is -0.388 e. The third-order valence-corrected chi connectivity index (χ3v) is 6.75. The first-order chi connectivity index (χ1) is 10.1. The summed E-state index contributed by atoms with van der Waals surface area (Å²) in [7, 11) is -1.43. The molecule has 3 heteroatoms. The summed E-state index contributed by atoms with van der Waals surface area (Å²) in [5.74, 6) is 0. The number of benzene rings is 2. The number of rotatable bonds is 7. The molecule has 0 aliphatic heterocycles. The molecule has 0 bridgehead atoms. The van der Waals surface area contributed by atoms with E-state index in [1.165, 1.54) is 16.4 Å². The standard InChI is InChI=1S/C18H26N2Si/c1-4-19-14-16-9-8-10-17(13-16)20-15-21(2,3)18-11-6-5-7-12-18/h5-13,19-20H,4,14-15H2,1-3H3. The van der Waals surface area contributed by atoms with E-state index in [2.05, 4.69) is 85.2 Å². The fraction of sp³-hybridized carbons (Fsp3) is 0.333. The van der Waals surface area contributed by atoms with Crippen molar-refractivity contribution in [1.82, 2.24) is 5.32 Å². The molecular formula is C18H26N2Si. The van der Waals surface area contributed by atoms with Crippen molar-refractivity contribution in [3.8, 4) is 0 Å². The van der Waals surface area contributed by atoms with Crippen LogP contribution < -0.4 is 15.8 Å². The van der Waals surface area contributed by atoms with Crippen LogP contribution in [-0.2, 0) is 6.54 Å². The van der Waals surface area contributed by atoms with E-state index in [0.29, 0.717) is 0 Å². The van der Waals surface area contributed by atoms with E-state index in [4.69, 9.17) is 0 Å². The van der Waals surface area contributed by atoms with Crippen molar-refractivity contribution in [1.29, 1.82) is 0 Å². The number of nitrogens with one attached hydrogen (secondary N) is 2. The number of hydrogen-bond donors (Lipinski definition) is 2. The lowest BCUT2D eigenvalue weighted by Gasteiger charge is -2.24. The van der Waals surface area contributed by atoms with E-state index in [9.17, 15) is 0 Å². The Morgan fingerprint density at radius 3 is 2.43 bits per heavy atom. The molecule has 0 fully saturated rings. The summed E-state index contributed by atoms with van der Waals surface area (Å²) in [5, 5.41) is 8.51. The van der Waals surface area contributed by atoms with Gasteiger partial charge in [0.1, 0.15) is 8.07 Å². The molecule has 0 spiro atoms. The molecule has 0 saturated heterocycles. The summed E-state index contributed by atoms with van der Waals surface area (Å²) in [6.45, 7) is 8.91. The highest BCUT2D eigenvalue weighted by Gasteiger charge is 2.22. The summed E-state index contributed by atoms with van der Waals surface area (Å²) in [6, 6.07) is 19.6. The summed E-state index contributed by atoms with van der Waals surface area (Å²) < 4.78 is 0. The van der Waals surface area contributed by atoms with E-state index >= 15 is 0 Å². The van der Waals surface area contributed by atoms with Crippen molar-refractivity contribution >= 4 is 18.9 Å². The van der Waals surface area contributed by atoms with Crippen molar-refractivity contribution in [3.63, 3.8) is 0 Å². The predicted octanol–water partition coefficient (Wildman–Crippen LogP) is 3.36. The van der Waals surface area contributed by atoms with Gasteiger partial charge < -0.3 is 10.6 Å². The highest BCUT2D eigenvalue weighted by atomic mass is 28.3. The fourth-order valence-corrected chi connectivity index (χ4v) is 4.32. The van der Waals surface area contributed by atoms with Crippen LogP contribution in [0.1, 0.15) is 12.5 Å². The Labute approximate surface area is 129 Å². The minimum absolute atomic E-state index is 0.936. The SMILES string of the molecule is CCNCc1cccc(NC[Si](C)(C)c2ccccc2)c1. The van der Waals surface area contributed by atoms with Crippen LogP contribution in [0.15, 0.2) is 54.6 Å². The second kappa shape index (κ2) is 7.43. The number of hydrogen-bond acceptors (Lipinski definition) is 2. The summed E-state index contributed by atoms with van der Waals surface area (Å²) in [5.41, 5.74) is 2.56. The maximum absolute atomic E-state index is 3.63. The molecule has 2 rings (SSSR count). The molecule has 2 aromatic rings. The van der Waals surface area contributed by atoms with Gasteiger partial charge >= 0.3 is 0 Å². The highest BCUT2D eigenvalue weighted by molar-refractivity contribution is 6.90. The van der Waals surface area contributed by atoms with Crippen LogP contribution in [0.3, 0.4) is 0 Å². The molecule has 0 aliphatic rings. The van der Waals surface area contributed by atoms with Gasteiger partial charge in [0.2, 0.25) is 0 Å². The zero-order valence-corrected chi connectivity index (χ0v) is 14.3. The molecule has 112 valence electrons. The maximum Gasteiger partial charge on any atom is 0.101 e. The van der Waals surface area contributed by atoms with Crippen molar-refractivity contribution in [2.45, 2.75) is 26.6 Å². The molecular weight excluding hydrogens is 272 g/mol. The molecule has 2 aromatic carbocycles. The van der Waals surface area contributed by atoms with Crippen molar-refractivity contribution in [2.75, 3.05) is 18.0 Å². The van der Waals surface area contributed by atoms with Gasteiger partial charge in [-0.15, -0.1) is 0 Å². The van der Waals surface area contributed by atoms with Gasteiger partial charge in [0.15, 0.2) is 0 Å². The van der Waals surface area contributed by atoms with E-state index in [0.717, 1.165) is 19.3 Å². The average Bonchev–Trinajstić information content (AvgIpc) is 2.52. The van der Waals surface area contributed by atoms with Crippen molar-refractivity contribution in [2.24, 2.45) is 0 Å². The van der Waals surface area contributed by atoms with Crippen LogP contribution in [0.5, 0.6) is 0 Å². The van der Waals surface area contributed by atoms with Gasteiger partial charge in [-0.3, -0.25) is 0 Å². The van der Waals surface area contributed by atoms with Gasteiger partial charge in [-0.25, -0.2) is 0 Å². The Hall–Kier alpha value is -1.58. The average molecular weight is 299 g/mol. The Balaban J connectivity index is 1.99. The summed E-state index contributed by atoms with van der Waals surface area (Å²) in [4.78, 5) is 0. The lowest BCUT2D eigenvalue weighted by atomic mass is 10.2. The maximum atomic E-state index is 3.63. The molecule has 2 nitrogen and oxygen atoms in total. The van der Waals surface area contributed by atoms with Crippen LogP contribution in [-0.4, -0.2) is 20.8 Å². The monoisotopic (exact) mass is 298 g/mol. The van der Waals surface area contributed by atoms with Gasteiger partial charge in [-0.2, -0.15) is 0 Å². The first kappa shape index (κ1) is 15.8. The molecule has 0 heterocycles. The van der Waals surface area contributed by atoms with Crippen LogP contribution >= 0.6 is 0 Å². The second-order valence-corrected chi connectivity index (χ2v) is 10.8.